The van der Waals surface area contributed by atoms with Crippen LogP contribution in [-0.4, -0.2) is 29.8 Å². The standard InChI is InChI=1S/C22H20N2O5/c1-3-4-11-28-22(26)20-21(25)18-12-16(9-10-17(18)19(13-23)24-20)29-15-7-5-14(27-2)6-8-15/h5-10,12,25H,3-4,11H2,1-2H3. The molecule has 1 N–H and O–H groups in total. The van der Waals surface area contributed by atoms with Gasteiger partial charge in [-0.3, -0.25) is 0 Å². The van der Waals surface area contributed by atoms with Gasteiger partial charge in [-0.25, -0.2) is 9.78 Å². The first-order valence-corrected chi connectivity index (χ1v) is 9.13. The Morgan fingerprint density at radius 3 is 2.45 bits per heavy atom. The molecule has 3 aromatic rings. The van der Waals surface area contributed by atoms with Gasteiger partial charge in [-0.15, -0.1) is 0 Å². The number of aromatic nitrogens is 1. The molecule has 0 aliphatic carbocycles. The van der Waals surface area contributed by atoms with E-state index in [0.29, 0.717) is 29.1 Å². The summed E-state index contributed by atoms with van der Waals surface area (Å²) in [6, 6.07) is 13.8. The van der Waals surface area contributed by atoms with Crippen molar-refractivity contribution < 1.29 is 24.1 Å². The van der Waals surface area contributed by atoms with E-state index in [2.05, 4.69) is 4.98 Å². The molecular weight excluding hydrogens is 372 g/mol. The van der Waals surface area contributed by atoms with Gasteiger partial charge in [0.25, 0.3) is 0 Å². The average Bonchev–Trinajstić information content (AvgIpc) is 2.75. The number of hydrogen-bond donors (Lipinski definition) is 1. The third-order valence-electron chi connectivity index (χ3n) is 4.27. The Bertz CT molecular complexity index is 1070. The minimum atomic E-state index is -0.768. The van der Waals surface area contributed by atoms with Crippen molar-refractivity contribution in [2.45, 2.75) is 19.8 Å². The minimum Gasteiger partial charge on any atom is -0.505 e. The minimum absolute atomic E-state index is 0.0243. The van der Waals surface area contributed by atoms with Crippen LogP contribution in [0.15, 0.2) is 42.5 Å². The zero-order valence-electron chi connectivity index (χ0n) is 16.1. The van der Waals surface area contributed by atoms with Crippen LogP contribution in [0.5, 0.6) is 23.0 Å². The largest absolute Gasteiger partial charge is 0.505 e. The summed E-state index contributed by atoms with van der Waals surface area (Å²) >= 11 is 0. The third-order valence-corrected chi connectivity index (χ3v) is 4.27. The fourth-order valence-corrected chi connectivity index (χ4v) is 2.73. The van der Waals surface area contributed by atoms with Crippen LogP contribution in [0, 0.1) is 11.3 Å². The number of hydrogen-bond acceptors (Lipinski definition) is 7. The van der Waals surface area contributed by atoms with Gasteiger partial charge in [0.1, 0.15) is 29.0 Å². The Balaban J connectivity index is 1.97. The number of ether oxygens (including phenoxy) is 3. The second-order valence-electron chi connectivity index (χ2n) is 6.24. The molecule has 0 amide bonds. The highest BCUT2D eigenvalue weighted by atomic mass is 16.5. The monoisotopic (exact) mass is 392 g/mol. The van der Waals surface area contributed by atoms with E-state index in [-0.39, 0.29) is 29.1 Å². The maximum Gasteiger partial charge on any atom is 0.360 e. The van der Waals surface area contributed by atoms with Crippen LogP contribution in [0.3, 0.4) is 0 Å². The van der Waals surface area contributed by atoms with E-state index in [1.165, 1.54) is 0 Å². The summed E-state index contributed by atoms with van der Waals surface area (Å²) in [6.45, 7) is 2.19. The number of carbonyl (C=O) groups is 1. The molecule has 0 atom stereocenters. The number of benzene rings is 2. The van der Waals surface area contributed by atoms with Gasteiger partial charge < -0.3 is 19.3 Å². The Morgan fingerprint density at radius 2 is 1.79 bits per heavy atom. The number of rotatable bonds is 7. The van der Waals surface area contributed by atoms with Crippen LogP contribution in [0.1, 0.15) is 35.9 Å². The highest BCUT2D eigenvalue weighted by molar-refractivity contribution is 6.01. The molecule has 0 fully saturated rings. The van der Waals surface area contributed by atoms with Gasteiger partial charge in [-0.2, -0.15) is 5.26 Å². The van der Waals surface area contributed by atoms with E-state index in [0.717, 1.165) is 6.42 Å². The molecule has 0 spiro atoms. The first-order chi connectivity index (χ1) is 14.1. The van der Waals surface area contributed by atoms with Gasteiger partial charge in [0.2, 0.25) is 0 Å². The van der Waals surface area contributed by atoms with Gasteiger partial charge >= 0.3 is 5.97 Å². The molecule has 0 unspecified atom stereocenters. The van der Waals surface area contributed by atoms with Crippen LogP contribution >= 0.6 is 0 Å². The molecule has 1 heterocycles. The fraction of sp³-hybridized carbons (Fsp3) is 0.227. The normalized spacial score (nSPS) is 10.4. The lowest BCUT2D eigenvalue weighted by Crippen LogP contribution is -2.10. The Morgan fingerprint density at radius 1 is 1.10 bits per heavy atom. The van der Waals surface area contributed by atoms with Crippen LogP contribution in [0.2, 0.25) is 0 Å². The van der Waals surface area contributed by atoms with Crippen molar-refractivity contribution in [2.24, 2.45) is 0 Å². The number of methoxy groups -OCH3 is 1. The second kappa shape index (κ2) is 8.93. The van der Waals surface area contributed by atoms with Crippen LogP contribution in [-0.2, 0) is 4.74 Å². The number of pyridine rings is 1. The Labute approximate surface area is 168 Å². The lowest BCUT2D eigenvalue weighted by atomic mass is 10.1. The molecule has 2 aromatic carbocycles. The molecule has 29 heavy (non-hydrogen) atoms. The maximum absolute atomic E-state index is 12.3. The molecule has 0 saturated carbocycles. The summed E-state index contributed by atoms with van der Waals surface area (Å²) < 4.78 is 16.1. The molecule has 7 heteroatoms. The van der Waals surface area contributed by atoms with Crippen LogP contribution in [0.4, 0.5) is 0 Å². The van der Waals surface area contributed by atoms with Crippen molar-refractivity contribution in [3.05, 3.63) is 53.9 Å². The molecule has 148 valence electrons. The second-order valence-corrected chi connectivity index (χ2v) is 6.24. The Hall–Kier alpha value is -3.79. The lowest BCUT2D eigenvalue weighted by Gasteiger charge is -2.11. The number of fused-ring (bicyclic) bond motifs is 1. The quantitative estimate of drug-likeness (QED) is 0.464. The zero-order valence-corrected chi connectivity index (χ0v) is 16.1. The fourth-order valence-electron chi connectivity index (χ4n) is 2.73. The SMILES string of the molecule is CCCCOC(=O)c1nc(C#N)c2ccc(Oc3ccc(OC)cc3)cc2c1O. The van der Waals surface area contributed by atoms with Crippen molar-refractivity contribution in [1.29, 1.82) is 5.26 Å². The van der Waals surface area contributed by atoms with Gasteiger partial charge in [0.05, 0.1) is 13.7 Å². The first kappa shape index (κ1) is 20.0. The number of esters is 1. The zero-order chi connectivity index (χ0) is 20.8. The molecule has 0 aliphatic rings. The van der Waals surface area contributed by atoms with E-state index in [1.54, 1.807) is 49.6 Å². The van der Waals surface area contributed by atoms with Crippen LogP contribution in [0.25, 0.3) is 10.8 Å². The number of unbranched alkanes of at least 4 members (excludes halogenated alkanes) is 1. The summed E-state index contributed by atoms with van der Waals surface area (Å²) in [5.41, 5.74) is -0.261. The molecule has 0 saturated heterocycles. The van der Waals surface area contributed by atoms with Crippen molar-refractivity contribution in [3.63, 3.8) is 0 Å². The predicted octanol–water partition coefficient (Wildman–Crippen LogP) is 4.57. The molecule has 0 radical (unpaired) electrons. The van der Waals surface area contributed by atoms with E-state index in [4.69, 9.17) is 14.2 Å². The molecule has 1 aromatic heterocycles. The van der Waals surface area contributed by atoms with Crippen molar-refractivity contribution in [3.8, 4) is 29.1 Å². The van der Waals surface area contributed by atoms with Gasteiger partial charge in [0.15, 0.2) is 11.4 Å². The van der Waals surface area contributed by atoms with Crippen molar-refractivity contribution >= 4 is 16.7 Å². The summed E-state index contributed by atoms with van der Waals surface area (Å²) in [7, 11) is 1.58. The summed E-state index contributed by atoms with van der Waals surface area (Å²) in [5.74, 6) is 0.581. The number of carbonyl (C=O) groups excluding carboxylic acids is 1. The molecule has 0 aliphatic heterocycles. The van der Waals surface area contributed by atoms with Gasteiger partial charge in [-0.05, 0) is 48.9 Å². The summed E-state index contributed by atoms with van der Waals surface area (Å²) in [4.78, 5) is 16.3. The molecule has 3 rings (SSSR count). The van der Waals surface area contributed by atoms with Gasteiger partial charge in [-0.1, -0.05) is 13.3 Å². The van der Waals surface area contributed by atoms with E-state index in [1.807, 2.05) is 13.0 Å². The van der Waals surface area contributed by atoms with E-state index in [9.17, 15) is 15.2 Å². The van der Waals surface area contributed by atoms with E-state index >= 15 is 0 Å². The van der Waals surface area contributed by atoms with Crippen molar-refractivity contribution in [1.82, 2.24) is 4.98 Å². The predicted molar refractivity (Wildman–Crippen MR) is 106 cm³/mol. The number of nitrogens with zero attached hydrogens (tertiary/aromatic N) is 2. The Kier molecular flexibility index (Phi) is 6.15. The van der Waals surface area contributed by atoms with E-state index < -0.39 is 5.97 Å². The van der Waals surface area contributed by atoms with Crippen LogP contribution < -0.4 is 9.47 Å². The lowest BCUT2D eigenvalue weighted by molar-refractivity contribution is 0.0489. The topological polar surface area (TPSA) is 102 Å². The molecular formula is C22H20N2O5. The first-order valence-electron chi connectivity index (χ1n) is 9.13. The summed E-state index contributed by atoms with van der Waals surface area (Å²) in [5, 5.41) is 20.7. The molecule has 7 nitrogen and oxygen atoms in total. The highest BCUT2D eigenvalue weighted by Gasteiger charge is 2.21. The maximum atomic E-state index is 12.3. The third kappa shape index (κ3) is 4.38. The number of nitriles is 1. The smallest absolute Gasteiger partial charge is 0.360 e. The number of aromatic hydroxyl groups is 1. The van der Waals surface area contributed by atoms with Gasteiger partial charge in [0, 0.05) is 10.8 Å². The highest BCUT2D eigenvalue weighted by Crippen LogP contribution is 2.34. The molecule has 0 bridgehead atoms. The average molecular weight is 392 g/mol. The summed E-state index contributed by atoms with van der Waals surface area (Å²) in [6.07, 6.45) is 1.56. The van der Waals surface area contributed by atoms with Crippen molar-refractivity contribution in [2.75, 3.05) is 13.7 Å².